The zero-order valence-corrected chi connectivity index (χ0v) is 11.4. The molecule has 2 aromatic heterocycles. The first-order chi connectivity index (χ1) is 9.38. The van der Waals surface area contributed by atoms with Crippen LogP contribution in [-0.2, 0) is 5.88 Å². The van der Waals surface area contributed by atoms with Crippen LogP contribution in [0, 0.1) is 23.7 Å². The second kappa shape index (κ2) is 3.51. The molecule has 98 valence electrons. The average molecular weight is 274 g/mol. The van der Waals surface area contributed by atoms with Gasteiger partial charge in [-0.3, -0.25) is 0 Å². The third-order valence-corrected chi connectivity index (χ3v) is 5.87. The quantitative estimate of drug-likeness (QED) is 0.786. The molecule has 3 saturated carbocycles. The monoisotopic (exact) mass is 273 g/mol. The zero-order chi connectivity index (χ0) is 12.6. The lowest BCUT2D eigenvalue weighted by molar-refractivity contribution is 0.453. The van der Waals surface area contributed by atoms with Gasteiger partial charge in [0.15, 0.2) is 5.65 Å². The smallest absolute Gasteiger partial charge is 0.160 e. The third kappa shape index (κ3) is 1.25. The highest BCUT2D eigenvalue weighted by Crippen LogP contribution is 2.71. The predicted octanol–water partition coefficient (Wildman–Crippen LogP) is 3.39. The van der Waals surface area contributed by atoms with E-state index in [-0.39, 0.29) is 0 Å². The van der Waals surface area contributed by atoms with E-state index in [2.05, 4.69) is 14.5 Å². The number of hydrogen-bond donors (Lipinski definition) is 0. The molecule has 19 heavy (non-hydrogen) atoms. The van der Waals surface area contributed by atoms with Crippen molar-refractivity contribution in [1.82, 2.24) is 14.5 Å². The van der Waals surface area contributed by atoms with Crippen LogP contribution < -0.4 is 0 Å². The van der Waals surface area contributed by atoms with E-state index < -0.39 is 0 Å². The molecule has 3 aliphatic carbocycles. The number of pyridine rings is 1. The van der Waals surface area contributed by atoms with Gasteiger partial charge in [0.1, 0.15) is 11.3 Å². The SMILES string of the molecule is ClCc1nc2cccnc2n1C1C2C3CCC(C3)C21. The number of fused-ring (bicyclic) bond motifs is 6. The summed E-state index contributed by atoms with van der Waals surface area (Å²) in [5.41, 5.74) is 2.03. The van der Waals surface area contributed by atoms with Crippen molar-refractivity contribution in [2.75, 3.05) is 0 Å². The molecule has 3 aliphatic rings. The van der Waals surface area contributed by atoms with Crippen molar-refractivity contribution in [1.29, 1.82) is 0 Å². The predicted molar refractivity (Wildman–Crippen MR) is 73.9 cm³/mol. The maximum atomic E-state index is 6.11. The van der Waals surface area contributed by atoms with Gasteiger partial charge in [0, 0.05) is 12.2 Å². The Morgan fingerprint density at radius 1 is 1.26 bits per heavy atom. The summed E-state index contributed by atoms with van der Waals surface area (Å²) in [5.74, 6) is 5.20. The summed E-state index contributed by atoms with van der Waals surface area (Å²) in [6.07, 6.45) is 6.23. The van der Waals surface area contributed by atoms with Crippen LogP contribution in [0.25, 0.3) is 11.2 Å². The standard InChI is InChI=1S/C15H16ClN3/c16-7-11-18-10-2-1-5-17-15(10)19(11)14-12-8-3-4-9(6-8)13(12)14/h1-2,5,8-9,12-14H,3-4,6-7H2. The van der Waals surface area contributed by atoms with Crippen molar-refractivity contribution in [3.8, 4) is 0 Å². The summed E-state index contributed by atoms with van der Waals surface area (Å²) in [7, 11) is 0. The topological polar surface area (TPSA) is 30.7 Å². The fourth-order valence-electron chi connectivity index (χ4n) is 5.01. The molecule has 3 fully saturated rings. The maximum Gasteiger partial charge on any atom is 0.160 e. The van der Waals surface area contributed by atoms with Gasteiger partial charge in [-0.1, -0.05) is 0 Å². The molecule has 0 N–H and O–H groups in total. The van der Waals surface area contributed by atoms with Crippen molar-refractivity contribution in [2.45, 2.75) is 31.2 Å². The summed E-state index contributed by atoms with van der Waals surface area (Å²) < 4.78 is 2.36. The molecule has 0 aromatic carbocycles. The summed E-state index contributed by atoms with van der Waals surface area (Å²) in [5, 5.41) is 0. The number of aromatic nitrogens is 3. The number of imidazole rings is 1. The molecule has 5 rings (SSSR count). The van der Waals surface area contributed by atoms with E-state index >= 15 is 0 Å². The fraction of sp³-hybridized carbons (Fsp3) is 0.600. The van der Waals surface area contributed by atoms with E-state index in [0.29, 0.717) is 11.9 Å². The van der Waals surface area contributed by atoms with Crippen LogP contribution in [0.15, 0.2) is 18.3 Å². The minimum atomic E-state index is 0.488. The Morgan fingerprint density at radius 2 is 2.05 bits per heavy atom. The molecule has 4 atom stereocenters. The molecule has 4 heteroatoms. The molecule has 0 radical (unpaired) electrons. The summed E-state index contributed by atoms with van der Waals surface area (Å²) in [4.78, 5) is 9.21. The molecule has 2 bridgehead atoms. The molecule has 0 aliphatic heterocycles. The number of halogens is 1. The highest BCUT2D eigenvalue weighted by atomic mass is 35.5. The zero-order valence-electron chi connectivity index (χ0n) is 10.7. The molecule has 2 aromatic rings. The Hall–Kier alpha value is -1.09. The first-order valence-electron chi connectivity index (χ1n) is 7.26. The van der Waals surface area contributed by atoms with Crippen LogP contribution in [0.3, 0.4) is 0 Å². The van der Waals surface area contributed by atoms with Crippen LogP contribution in [0.2, 0.25) is 0 Å². The number of nitrogens with zero attached hydrogens (tertiary/aromatic N) is 3. The van der Waals surface area contributed by atoms with Crippen molar-refractivity contribution in [3.05, 3.63) is 24.2 Å². The summed E-state index contributed by atoms with van der Waals surface area (Å²) in [6, 6.07) is 4.64. The largest absolute Gasteiger partial charge is 0.308 e. The second-order valence-electron chi connectivity index (χ2n) is 6.36. The Balaban J connectivity index is 1.66. The van der Waals surface area contributed by atoms with Gasteiger partial charge in [0.25, 0.3) is 0 Å². The Morgan fingerprint density at radius 3 is 2.79 bits per heavy atom. The molecular weight excluding hydrogens is 258 g/mol. The van der Waals surface area contributed by atoms with E-state index in [9.17, 15) is 0 Å². The van der Waals surface area contributed by atoms with Gasteiger partial charge in [-0.05, 0) is 55.1 Å². The van der Waals surface area contributed by atoms with Gasteiger partial charge < -0.3 is 4.57 Å². The minimum absolute atomic E-state index is 0.488. The lowest BCUT2D eigenvalue weighted by Gasteiger charge is -2.12. The van der Waals surface area contributed by atoms with Crippen LogP contribution in [-0.4, -0.2) is 14.5 Å². The minimum Gasteiger partial charge on any atom is -0.308 e. The van der Waals surface area contributed by atoms with Crippen molar-refractivity contribution >= 4 is 22.8 Å². The molecule has 0 saturated heterocycles. The average Bonchev–Trinajstić information content (AvgIpc) is 2.83. The van der Waals surface area contributed by atoms with E-state index in [4.69, 9.17) is 11.6 Å². The maximum absolute atomic E-state index is 6.11. The van der Waals surface area contributed by atoms with Gasteiger partial charge in [0.05, 0.1) is 5.88 Å². The molecule has 4 unspecified atom stereocenters. The number of rotatable bonds is 2. The number of hydrogen-bond acceptors (Lipinski definition) is 2. The van der Waals surface area contributed by atoms with Gasteiger partial charge in [-0.25, -0.2) is 9.97 Å². The second-order valence-corrected chi connectivity index (χ2v) is 6.62. The highest BCUT2D eigenvalue weighted by molar-refractivity contribution is 6.16. The lowest BCUT2D eigenvalue weighted by Crippen LogP contribution is -2.08. The van der Waals surface area contributed by atoms with Crippen LogP contribution in [0.5, 0.6) is 0 Å². The van der Waals surface area contributed by atoms with Gasteiger partial charge in [0.2, 0.25) is 0 Å². The molecule has 0 amide bonds. The molecule has 3 nitrogen and oxygen atoms in total. The molecule has 0 spiro atoms. The Kier molecular flexibility index (Phi) is 1.97. The van der Waals surface area contributed by atoms with Crippen LogP contribution >= 0.6 is 11.6 Å². The van der Waals surface area contributed by atoms with E-state index in [1.807, 2.05) is 18.3 Å². The van der Waals surface area contributed by atoms with Crippen molar-refractivity contribution in [2.24, 2.45) is 23.7 Å². The highest BCUT2D eigenvalue weighted by Gasteiger charge is 2.66. The Bertz CT molecular complexity index is 648. The lowest BCUT2D eigenvalue weighted by atomic mass is 10.0. The van der Waals surface area contributed by atoms with Crippen LogP contribution in [0.1, 0.15) is 31.1 Å². The molecule has 2 heterocycles. The third-order valence-electron chi connectivity index (χ3n) is 5.63. The first kappa shape index (κ1) is 10.7. The Labute approximate surface area is 117 Å². The normalized spacial score (nSPS) is 38.9. The van der Waals surface area contributed by atoms with E-state index in [1.54, 1.807) is 0 Å². The van der Waals surface area contributed by atoms with Gasteiger partial charge in [-0.2, -0.15) is 0 Å². The first-order valence-corrected chi connectivity index (χ1v) is 7.79. The van der Waals surface area contributed by atoms with E-state index in [1.165, 1.54) is 19.3 Å². The van der Waals surface area contributed by atoms with Gasteiger partial charge >= 0.3 is 0 Å². The molecular formula is C15H16ClN3. The van der Waals surface area contributed by atoms with Crippen molar-refractivity contribution in [3.63, 3.8) is 0 Å². The summed E-state index contributed by atoms with van der Waals surface area (Å²) in [6.45, 7) is 0. The van der Waals surface area contributed by atoms with E-state index in [0.717, 1.165) is 40.7 Å². The fourth-order valence-corrected chi connectivity index (χ4v) is 5.20. The number of alkyl halides is 1. The van der Waals surface area contributed by atoms with Crippen molar-refractivity contribution < 1.29 is 0 Å². The summed E-state index contributed by atoms with van der Waals surface area (Å²) >= 11 is 6.11. The van der Waals surface area contributed by atoms with Crippen LogP contribution in [0.4, 0.5) is 0 Å². The van der Waals surface area contributed by atoms with Gasteiger partial charge in [-0.15, -0.1) is 11.6 Å².